The van der Waals surface area contributed by atoms with Crippen molar-refractivity contribution in [3.8, 4) is 11.4 Å². The number of nitrogens with zero attached hydrogens (tertiary/aromatic N) is 4. The fraction of sp³-hybridized carbons (Fsp3) is 0.526. The van der Waals surface area contributed by atoms with E-state index in [2.05, 4.69) is 10.2 Å². The predicted molar refractivity (Wildman–Crippen MR) is 105 cm³/mol. The van der Waals surface area contributed by atoms with Crippen LogP contribution in [0.5, 0.6) is 0 Å². The normalized spacial score (nSPS) is 16.3. The number of halogens is 1. The van der Waals surface area contributed by atoms with Gasteiger partial charge in [-0.05, 0) is 38.8 Å². The van der Waals surface area contributed by atoms with Crippen molar-refractivity contribution >= 4 is 17.7 Å². The second-order valence-corrected chi connectivity index (χ2v) is 8.14. The van der Waals surface area contributed by atoms with Gasteiger partial charge in [0.2, 0.25) is 11.1 Å². The minimum Gasteiger partial charge on any atom is -0.339 e. The van der Waals surface area contributed by atoms with E-state index in [-0.39, 0.29) is 22.5 Å². The average molecular weight is 392 g/mol. The number of amides is 1. The van der Waals surface area contributed by atoms with Crippen molar-refractivity contribution < 1.29 is 9.18 Å². The van der Waals surface area contributed by atoms with Crippen LogP contribution in [0.4, 0.5) is 4.39 Å². The first-order valence-electron chi connectivity index (χ1n) is 9.45. The maximum atomic E-state index is 14.0. The molecule has 2 aromatic rings. The molecule has 8 heteroatoms. The lowest BCUT2D eigenvalue weighted by molar-refractivity contribution is -0.133. The van der Waals surface area contributed by atoms with Gasteiger partial charge in [0, 0.05) is 12.6 Å². The zero-order valence-corrected chi connectivity index (χ0v) is 16.6. The molecule has 1 heterocycles. The standard InChI is InChI=1S/C19H26FN5OS/c1-3-24(14-9-5-4-6-10-14)18(26)13(2)27-19-23-22-17(25(19)21)15-11-7-8-12-16(15)20/h7-8,11-14H,3-6,9-10,21H2,1-2H3/t13-/m1/s1. The molecule has 146 valence electrons. The quantitative estimate of drug-likeness (QED) is 0.603. The number of thioether (sulfide) groups is 1. The molecule has 3 rings (SSSR count). The molecule has 0 saturated heterocycles. The number of nitrogen functional groups attached to an aromatic ring is 1. The molecule has 6 nitrogen and oxygen atoms in total. The third kappa shape index (κ3) is 4.26. The maximum absolute atomic E-state index is 14.0. The Hall–Kier alpha value is -2.09. The van der Waals surface area contributed by atoms with Gasteiger partial charge in [0.05, 0.1) is 10.8 Å². The Kier molecular flexibility index (Phi) is 6.36. The van der Waals surface area contributed by atoms with Gasteiger partial charge in [0.1, 0.15) is 5.82 Å². The van der Waals surface area contributed by atoms with Gasteiger partial charge in [-0.15, -0.1) is 10.2 Å². The highest BCUT2D eigenvalue weighted by Crippen LogP contribution is 2.29. The van der Waals surface area contributed by atoms with E-state index >= 15 is 0 Å². The minimum absolute atomic E-state index is 0.0878. The van der Waals surface area contributed by atoms with Crippen molar-refractivity contribution in [2.24, 2.45) is 0 Å². The Morgan fingerprint density at radius 3 is 2.70 bits per heavy atom. The van der Waals surface area contributed by atoms with Crippen LogP contribution in [0.3, 0.4) is 0 Å². The van der Waals surface area contributed by atoms with Crippen LogP contribution in [-0.2, 0) is 4.79 Å². The van der Waals surface area contributed by atoms with Gasteiger partial charge in [-0.25, -0.2) is 9.07 Å². The van der Waals surface area contributed by atoms with Crippen molar-refractivity contribution in [3.05, 3.63) is 30.1 Å². The number of nitrogens with two attached hydrogens (primary N) is 1. The van der Waals surface area contributed by atoms with Gasteiger partial charge in [0.15, 0.2) is 5.82 Å². The zero-order valence-electron chi connectivity index (χ0n) is 15.8. The summed E-state index contributed by atoms with van der Waals surface area (Å²) in [5.41, 5.74) is 0.288. The Balaban J connectivity index is 1.73. The van der Waals surface area contributed by atoms with Gasteiger partial charge in [-0.3, -0.25) is 4.79 Å². The van der Waals surface area contributed by atoms with Crippen molar-refractivity contribution in [3.63, 3.8) is 0 Å². The summed E-state index contributed by atoms with van der Waals surface area (Å²) in [5, 5.41) is 8.14. The highest BCUT2D eigenvalue weighted by molar-refractivity contribution is 8.00. The van der Waals surface area contributed by atoms with E-state index in [1.54, 1.807) is 18.2 Å². The molecule has 1 atom stereocenters. The summed E-state index contributed by atoms with van der Waals surface area (Å²) < 4.78 is 15.3. The van der Waals surface area contributed by atoms with E-state index < -0.39 is 5.82 Å². The molecular formula is C19H26FN5OS. The lowest BCUT2D eigenvalue weighted by atomic mass is 9.94. The molecule has 2 N–H and O–H groups in total. The first-order chi connectivity index (χ1) is 13.0. The molecule has 1 aliphatic carbocycles. The Morgan fingerprint density at radius 2 is 2.04 bits per heavy atom. The minimum atomic E-state index is -0.410. The van der Waals surface area contributed by atoms with Crippen LogP contribution in [0, 0.1) is 5.82 Å². The number of carbonyl (C=O) groups is 1. The fourth-order valence-corrected chi connectivity index (χ4v) is 4.45. The number of benzene rings is 1. The molecule has 1 fully saturated rings. The van der Waals surface area contributed by atoms with Crippen LogP contribution in [0.1, 0.15) is 46.0 Å². The summed E-state index contributed by atoms with van der Waals surface area (Å²) in [6, 6.07) is 6.61. The topological polar surface area (TPSA) is 77.0 Å². The summed E-state index contributed by atoms with van der Waals surface area (Å²) >= 11 is 1.26. The first-order valence-corrected chi connectivity index (χ1v) is 10.3. The van der Waals surface area contributed by atoms with E-state index in [0.717, 1.165) is 12.8 Å². The van der Waals surface area contributed by atoms with Crippen LogP contribution in [-0.4, -0.2) is 43.5 Å². The van der Waals surface area contributed by atoms with Crippen LogP contribution < -0.4 is 5.84 Å². The van der Waals surface area contributed by atoms with E-state index in [0.29, 0.717) is 17.7 Å². The molecule has 0 unspecified atom stereocenters. The number of aromatic nitrogens is 3. The molecule has 1 aromatic carbocycles. The number of carbonyl (C=O) groups excluding carboxylic acids is 1. The number of hydrogen-bond donors (Lipinski definition) is 1. The smallest absolute Gasteiger partial charge is 0.236 e. The van der Waals surface area contributed by atoms with Crippen LogP contribution in [0.2, 0.25) is 0 Å². The van der Waals surface area contributed by atoms with E-state index in [1.165, 1.54) is 41.8 Å². The summed E-state index contributed by atoms with van der Waals surface area (Å²) in [5.74, 6) is 6.01. The largest absolute Gasteiger partial charge is 0.339 e. The first kappa shape index (κ1) is 19.7. The molecule has 0 bridgehead atoms. The van der Waals surface area contributed by atoms with E-state index in [9.17, 15) is 9.18 Å². The summed E-state index contributed by atoms with van der Waals surface area (Å²) in [4.78, 5) is 14.9. The predicted octanol–water partition coefficient (Wildman–Crippen LogP) is 3.46. The molecular weight excluding hydrogens is 365 g/mol. The van der Waals surface area contributed by atoms with Gasteiger partial charge in [-0.2, -0.15) is 0 Å². The Morgan fingerprint density at radius 1 is 1.33 bits per heavy atom. The zero-order chi connectivity index (χ0) is 19.4. The number of hydrogen-bond acceptors (Lipinski definition) is 5. The number of rotatable bonds is 6. The second kappa shape index (κ2) is 8.73. The summed E-state index contributed by atoms with van der Waals surface area (Å²) in [7, 11) is 0. The van der Waals surface area contributed by atoms with Crippen molar-refractivity contribution in [2.75, 3.05) is 12.4 Å². The van der Waals surface area contributed by atoms with E-state index in [1.807, 2.05) is 18.7 Å². The van der Waals surface area contributed by atoms with Gasteiger partial charge < -0.3 is 10.7 Å². The van der Waals surface area contributed by atoms with Crippen molar-refractivity contribution in [2.45, 2.75) is 62.4 Å². The van der Waals surface area contributed by atoms with Crippen molar-refractivity contribution in [1.82, 2.24) is 19.8 Å². The molecule has 1 amide bonds. The highest BCUT2D eigenvalue weighted by Gasteiger charge is 2.29. The third-order valence-corrected chi connectivity index (χ3v) is 6.09. The molecule has 1 aromatic heterocycles. The molecule has 0 spiro atoms. The molecule has 1 aliphatic rings. The molecule has 1 saturated carbocycles. The van der Waals surface area contributed by atoms with Crippen LogP contribution in [0.25, 0.3) is 11.4 Å². The van der Waals surface area contributed by atoms with E-state index in [4.69, 9.17) is 5.84 Å². The van der Waals surface area contributed by atoms with Gasteiger partial charge in [0.25, 0.3) is 0 Å². The van der Waals surface area contributed by atoms with Crippen LogP contribution >= 0.6 is 11.8 Å². The van der Waals surface area contributed by atoms with Gasteiger partial charge >= 0.3 is 0 Å². The summed E-state index contributed by atoms with van der Waals surface area (Å²) in [6.45, 7) is 4.58. The summed E-state index contributed by atoms with van der Waals surface area (Å²) in [6.07, 6.45) is 5.75. The average Bonchev–Trinajstić information content (AvgIpc) is 3.04. The SMILES string of the molecule is CCN(C(=O)[C@@H](C)Sc1nnc(-c2ccccc2F)n1N)C1CCCCC1. The Labute approximate surface area is 163 Å². The molecule has 27 heavy (non-hydrogen) atoms. The maximum Gasteiger partial charge on any atom is 0.236 e. The third-order valence-electron chi connectivity index (χ3n) is 5.05. The van der Waals surface area contributed by atoms with Gasteiger partial charge in [-0.1, -0.05) is 43.2 Å². The monoisotopic (exact) mass is 391 g/mol. The molecule has 0 aliphatic heterocycles. The molecule has 0 radical (unpaired) electrons. The lowest BCUT2D eigenvalue weighted by Gasteiger charge is -2.35. The van der Waals surface area contributed by atoms with Crippen molar-refractivity contribution in [1.29, 1.82) is 0 Å². The Bertz CT molecular complexity index is 790. The van der Waals surface area contributed by atoms with Crippen LogP contribution in [0.15, 0.2) is 29.4 Å². The fourth-order valence-electron chi connectivity index (χ4n) is 3.61. The second-order valence-electron chi connectivity index (χ2n) is 6.83. The highest BCUT2D eigenvalue weighted by atomic mass is 32.2. The lowest BCUT2D eigenvalue weighted by Crippen LogP contribution is -2.44.